The maximum Gasteiger partial charge on any atom is 0.352 e. The summed E-state index contributed by atoms with van der Waals surface area (Å²) in [6, 6.07) is 13.4. The van der Waals surface area contributed by atoms with Crippen LogP contribution in [0.4, 0.5) is 0 Å². The molecule has 0 radical (unpaired) electrons. The molecule has 22 heavy (non-hydrogen) atoms. The van der Waals surface area contributed by atoms with Crippen LogP contribution in [0.25, 0.3) is 6.08 Å². The maximum absolute atomic E-state index is 12.2. The van der Waals surface area contributed by atoms with Gasteiger partial charge in [0, 0.05) is 9.50 Å². The lowest BCUT2D eigenvalue weighted by Crippen LogP contribution is -2.27. The molecule has 0 atom stereocenters. The summed E-state index contributed by atoms with van der Waals surface area (Å²) in [6.07, 6.45) is 1.37. The van der Waals surface area contributed by atoms with E-state index in [-0.39, 0.29) is 5.70 Å². The minimum absolute atomic E-state index is 0.219. The van der Waals surface area contributed by atoms with Gasteiger partial charge in [0.15, 0.2) is 0 Å². The lowest BCUT2D eigenvalue weighted by molar-refractivity contribution is -0.132. The van der Waals surface area contributed by atoms with E-state index in [4.69, 9.17) is 11.6 Å². The van der Waals surface area contributed by atoms with Crippen molar-refractivity contribution >= 4 is 45.5 Å². The lowest BCUT2D eigenvalue weighted by Gasteiger charge is -2.07. The Morgan fingerprint density at radius 2 is 1.73 bits per heavy atom. The summed E-state index contributed by atoms with van der Waals surface area (Å²) in [5, 5.41) is 12.2. The van der Waals surface area contributed by atoms with Crippen LogP contribution in [-0.2, 0) is 4.79 Å². The number of carboxylic acids is 1. The number of carbonyl (C=O) groups is 2. The van der Waals surface area contributed by atoms with Gasteiger partial charge in [0.2, 0.25) is 0 Å². The highest BCUT2D eigenvalue weighted by Gasteiger charge is 2.15. The molecule has 0 aliphatic carbocycles. The van der Waals surface area contributed by atoms with Gasteiger partial charge in [-0.25, -0.2) is 4.79 Å². The summed E-state index contributed by atoms with van der Waals surface area (Å²) in [7, 11) is 0. The first kappa shape index (κ1) is 16.3. The van der Waals surface area contributed by atoms with Crippen LogP contribution >= 0.6 is 27.5 Å². The standard InChI is InChI=1S/C16H11BrClNO3/c17-13-4-2-1-3-12(13)15(20)19-14(16(21)22)9-10-5-7-11(18)8-6-10/h1-9H,(H,19,20)(H,21,22). The first-order chi connectivity index (χ1) is 10.5. The molecule has 1 amide bonds. The van der Waals surface area contributed by atoms with Gasteiger partial charge in [-0.05, 0) is 51.8 Å². The van der Waals surface area contributed by atoms with E-state index in [1.165, 1.54) is 6.08 Å². The normalized spacial score (nSPS) is 11.1. The number of hydrogen-bond donors (Lipinski definition) is 2. The third-order valence-electron chi connectivity index (χ3n) is 2.78. The van der Waals surface area contributed by atoms with E-state index < -0.39 is 11.9 Å². The second-order valence-corrected chi connectivity index (χ2v) is 5.64. The highest BCUT2D eigenvalue weighted by molar-refractivity contribution is 9.10. The van der Waals surface area contributed by atoms with Crippen LogP contribution in [0.5, 0.6) is 0 Å². The molecule has 112 valence electrons. The van der Waals surface area contributed by atoms with Crippen LogP contribution in [-0.4, -0.2) is 17.0 Å². The maximum atomic E-state index is 12.2. The second-order valence-electron chi connectivity index (χ2n) is 4.35. The summed E-state index contributed by atoms with van der Waals surface area (Å²) in [5.41, 5.74) is 0.753. The Morgan fingerprint density at radius 1 is 1.09 bits per heavy atom. The lowest BCUT2D eigenvalue weighted by atomic mass is 10.1. The van der Waals surface area contributed by atoms with Gasteiger partial charge in [-0.3, -0.25) is 4.79 Å². The van der Waals surface area contributed by atoms with Gasteiger partial charge >= 0.3 is 5.97 Å². The van der Waals surface area contributed by atoms with Crippen molar-refractivity contribution in [3.63, 3.8) is 0 Å². The first-order valence-corrected chi connectivity index (χ1v) is 7.41. The molecule has 0 aromatic heterocycles. The zero-order chi connectivity index (χ0) is 16.1. The van der Waals surface area contributed by atoms with Gasteiger partial charge < -0.3 is 10.4 Å². The van der Waals surface area contributed by atoms with Gasteiger partial charge in [0.25, 0.3) is 5.91 Å². The van der Waals surface area contributed by atoms with Crippen molar-refractivity contribution in [1.29, 1.82) is 0 Å². The molecule has 0 aliphatic rings. The van der Waals surface area contributed by atoms with Gasteiger partial charge in [0.1, 0.15) is 5.70 Å². The number of hydrogen-bond acceptors (Lipinski definition) is 2. The molecule has 2 aromatic carbocycles. The number of amides is 1. The van der Waals surface area contributed by atoms with Crippen molar-refractivity contribution in [3.8, 4) is 0 Å². The Morgan fingerprint density at radius 3 is 2.32 bits per heavy atom. The molecule has 2 aromatic rings. The third kappa shape index (κ3) is 4.19. The largest absolute Gasteiger partial charge is 0.477 e. The van der Waals surface area contributed by atoms with E-state index in [0.717, 1.165) is 0 Å². The van der Waals surface area contributed by atoms with E-state index in [9.17, 15) is 14.7 Å². The zero-order valence-electron chi connectivity index (χ0n) is 11.2. The summed E-state index contributed by atoms with van der Waals surface area (Å²) in [5.74, 6) is -1.73. The molecule has 0 aliphatic heterocycles. The predicted octanol–water partition coefficient (Wildman–Crippen LogP) is 3.96. The summed E-state index contributed by atoms with van der Waals surface area (Å²) in [6.45, 7) is 0. The molecule has 0 saturated carbocycles. The third-order valence-corrected chi connectivity index (χ3v) is 3.72. The van der Waals surface area contributed by atoms with Crippen molar-refractivity contribution in [3.05, 3.63) is 74.9 Å². The Kier molecular flexibility index (Phi) is 5.35. The number of halogens is 2. The molecule has 0 spiro atoms. The number of carboxylic acid groups (broad SMARTS) is 1. The number of benzene rings is 2. The van der Waals surface area contributed by atoms with Crippen molar-refractivity contribution in [2.75, 3.05) is 0 Å². The fourth-order valence-electron chi connectivity index (χ4n) is 1.71. The Bertz CT molecular complexity index is 741. The quantitative estimate of drug-likeness (QED) is 0.789. The van der Waals surface area contributed by atoms with Crippen LogP contribution < -0.4 is 5.32 Å². The van der Waals surface area contributed by atoms with Crippen LogP contribution in [0, 0.1) is 0 Å². The fraction of sp³-hybridized carbons (Fsp3) is 0. The van der Waals surface area contributed by atoms with Gasteiger partial charge in [-0.2, -0.15) is 0 Å². The van der Waals surface area contributed by atoms with E-state index in [1.54, 1.807) is 48.5 Å². The van der Waals surface area contributed by atoms with E-state index in [0.29, 0.717) is 20.6 Å². The topological polar surface area (TPSA) is 66.4 Å². The van der Waals surface area contributed by atoms with Crippen LogP contribution in [0.1, 0.15) is 15.9 Å². The Balaban J connectivity index is 2.26. The Hall–Kier alpha value is -2.11. The van der Waals surface area contributed by atoms with Gasteiger partial charge in [0.05, 0.1) is 5.56 Å². The second kappa shape index (κ2) is 7.24. The number of aliphatic carboxylic acids is 1. The SMILES string of the molecule is O=C(O)C(=Cc1ccc(Cl)cc1)NC(=O)c1ccccc1Br. The van der Waals surface area contributed by atoms with Crippen molar-refractivity contribution in [2.24, 2.45) is 0 Å². The molecule has 6 heteroatoms. The van der Waals surface area contributed by atoms with Gasteiger partial charge in [-0.1, -0.05) is 35.9 Å². The first-order valence-electron chi connectivity index (χ1n) is 6.24. The molecule has 0 unspecified atom stereocenters. The molecule has 2 rings (SSSR count). The van der Waals surface area contributed by atoms with E-state index in [2.05, 4.69) is 21.2 Å². The highest BCUT2D eigenvalue weighted by Crippen LogP contribution is 2.17. The summed E-state index contributed by atoms with van der Waals surface area (Å²) < 4.78 is 0.587. The smallest absolute Gasteiger partial charge is 0.352 e. The Labute approximate surface area is 140 Å². The molecule has 0 heterocycles. The van der Waals surface area contributed by atoms with E-state index >= 15 is 0 Å². The van der Waals surface area contributed by atoms with Crippen LogP contribution in [0.2, 0.25) is 5.02 Å². The minimum Gasteiger partial charge on any atom is -0.477 e. The average molecular weight is 381 g/mol. The number of carbonyl (C=O) groups excluding carboxylic acids is 1. The highest BCUT2D eigenvalue weighted by atomic mass is 79.9. The average Bonchev–Trinajstić information content (AvgIpc) is 2.49. The van der Waals surface area contributed by atoms with Crippen molar-refractivity contribution < 1.29 is 14.7 Å². The minimum atomic E-state index is -1.23. The van der Waals surface area contributed by atoms with Crippen molar-refractivity contribution in [1.82, 2.24) is 5.32 Å². The molecule has 0 saturated heterocycles. The molecule has 2 N–H and O–H groups in total. The zero-order valence-corrected chi connectivity index (χ0v) is 13.6. The molecular formula is C16H11BrClNO3. The number of rotatable bonds is 4. The summed E-state index contributed by atoms with van der Waals surface area (Å²) >= 11 is 9.04. The predicted molar refractivity (Wildman–Crippen MR) is 88.7 cm³/mol. The molecule has 4 nitrogen and oxygen atoms in total. The fourth-order valence-corrected chi connectivity index (χ4v) is 2.30. The van der Waals surface area contributed by atoms with Crippen molar-refractivity contribution in [2.45, 2.75) is 0 Å². The molecule has 0 fully saturated rings. The monoisotopic (exact) mass is 379 g/mol. The number of nitrogens with one attached hydrogen (secondary N) is 1. The summed E-state index contributed by atoms with van der Waals surface area (Å²) in [4.78, 5) is 23.5. The van der Waals surface area contributed by atoms with E-state index in [1.807, 2.05) is 0 Å². The molecular weight excluding hydrogens is 370 g/mol. The van der Waals surface area contributed by atoms with Crippen LogP contribution in [0.3, 0.4) is 0 Å². The van der Waals surface area contributed by atoms with Gasteiger partial charge in [-0.15, -0.1) is 0 Å². The molecule has 0 bridgehead atoms. The van der Waals surface area contributed by atoms with Crippen LogP contribution in [0.15, 0.2) is 58.7 Å².